The van der Waals surface area contributed by atoms with Crippen LogP contribution < -0.4 is 5.84 Å². The highest BCUT2D eigenvalue weighted by Gasteiger charge is 1.52. The second-order valence-corrected chi connectivity index (χ2v) is 0.687. The van der Waals surface area contributed by atoms with E-state index in [4.69, 9.17) is 0 Å². The van der Waals surface area contributed by atoms with Crippen molar-refractivity contribution in [1.29, 1.82) is 0 Å². The predicted octanol–water partition coefficient (Wildman–Crippen LogP) is 0.989. The summed E-state index contributed by atoms with van der Waals surface area (Å²) < 4.78 is 3.02. The van der Waals surface area contributed by atoms with Crippen molar-refractivity contribution < 1.29 is 0 Å². The third kappa shape index (κ3) is 3.48. The van der Waals surface area contributed by atoms with Gasteiger partial charge in [-0.3, -0.25) is 0 Å². The van der Waals surface area contributed by atoms with E-state index in [0.29, 0.717) is 0 Å². The van der Waals surface area contributed by atoms with Gasteiger partial charge in [0.15, 0.2) is 0 Å². The van der Waals surface area contributed by atoms with Gasteiger partial charge in [0.05, 0.1) is 0 Å². The summed E-state index contributed by atoms with van der Waals surface area (Å²) in [4.78, 5) is 0. The lowest BCUT2D eigenvalue weighted by Crippen LogP contribution is -1.70. The second kappa shape index (κ2) is 4.48. The SMILES string of the molecule is NN=NN=NBr. The summed E-state index contributed by atoms with van der Waals surface area (Å²) in [5, 5.41) is 8.63. The Labute approximate surface area is 42.6 Å². The van der Waals surface area contributed by atoms with Crippen LogP contribution in [-0.4, -0.2) is 0 Å². The van der Waals surface area contributed by atoms with E-state index in [2.05, 4.69) is 41.8 Å². The van der Waals surface area contributed by atoms with Crippen LogP contribution in [0.4, 0.5) is 0 Å². The molecule has 0 aromatic rings. The quantitative estimate of drug-likeness (QED) is 0.339. The van der Waals surface area contributed by atoms with Crippen LogP contribution in [-0.2, 0) is 0 Å². The van der Waals surface area contributed by atoms with Crippen molar-refractivity contribution in [3.8, 4) is 0 Å². The average molecular weight is 152 g/mol. The maximum absolute atomic E-state index is 4.50. The molecule has 0 aliphatic heterocycles. The molecule has 0 saturated carbocycles. The summed E-state index contributed by atoms with van der Waals surface area (Å²) >= 11 is 2.60. The molecule has 5 nitrogen and oxygen atoms in total. The molecule has 0 saturated heterocycles. The van der Waals surface area contributed by atoms with Crippen molar-refractivity contribution in [2.75, 3.05) is 0 Å². The van der Waals surface area contributed by atoms with E-state index in [1.807, 2.05) is 0 Å². The van der Waals surface area contributed by atoms with E-state index in [-0.39, 0.29) is 0 Å². The van der Waals surface area contributed by atoms with E-state index in [9.17, 15) is 0 Å². The highest BCUT2D eigenvalue weighted by Crippen LogP contribution is 1.82. The Bertz CT molecular complexity index is 52.3. The highest BCUT2D eigenvalue weighted by molar-refractivity contribution is 9.08. The fourth-order valence-electron chi connectivity index (χ4n) is 0.0382. The molecule has 0 rings (SSSR count). The van der Waals surface area contributed by atoms with Crippen molar-refractivity contribution in [1.82, 2.24) is 0 Å². The van der Waals surface area contributed by atoms with Crippen molar-refractivity contribution in [3.05, 3.63) is 0 Å². The first-order valence-electron chi connectivity index (χ1n) is 1.03. The first-order valence-corrected chi connectivity index (χ1v) is 1.74. The first kappa shape index (κ1) is 5.48. The molecule has 0 aromatic heterocycles. The van der Waals surface area contributed by atoms with E-state index in [1.165, 1.54) is 0 Å². The van der Waals surface area contributed by atoms with Gasteiger partial charge >= 0.3 is 0 Å². The van der Waals surface area contributed by atoms with Crippen molar-refractivity contribution in [2.24, 2.45) is 25.7 Å². The molecule has 0 aliphatic carbocycles. The molecule has 0 heterocycles. The molecule has 0 radical (unpaired) electrons. The average Bonchev–Trinajstić information content (AvgIpc) is 1.61. The molecular formula is H2BrN5. The third-order valence-electron chi connectivity index (χ3n) is 0.125. The lowest BCUT2D eigenvalue weighted by molar-refractivity contribution is 0.915. The summed E-state index contributed by atoms with van der Waals surface area (Å²) in [5.41, 5.74) is 0. The fourth-order valence-corrected chi connectivity index (χ4v) is 0.102. The van der Waals surface area contributed by atoms with Crippen LogP contribution in [0.3, 0.4) is 0 Å². The van der Waals surface area contributed by atoms with Gasteiger partial charge in [0, 0.05) is 0 Å². The van der Waals surface area contributed by atoms with Crippen LogP contribution in [0, 0.1) is 0 Å². The molecule has 34 valence electrons. The first-order chi connectivity index (χ1) is 2.91. The Balaban J connectivity index is 3.07. The number of rotatable bonds is 1. The molecule has 0 aliphatic rings. The van der Waals surface area contributed by atoms with Gasteiger partial charge in [-0.1, -0.05) is 9.36 Å². The summed E-state index contributed by atoms with van der Waals surface area (Å²) in [6.07, 6.45) is 0. The lowest BCUT2D eigenvalue weighted by Gasteiger charge is -1.60. The van der Waals surface area contributed by atoms with Crippen LogP contribution >= 0.6 is 16.1 Å². The minimum absolute atomic E-state index is 2.60. The van der Waals surface area contributed by atoms with Crippen LogP contribution in [0.2, 0.25) is 0 Å². The minimum atomic E-state index is 2.60. The summed E-state index contributed by atoms with van der Waals surface area (Å²) in [6, 6.07) is 0. The maximum atomic E-state index is 4.50. The number of halogens is 1. The molecule has 0 fully saturated rings. The van der Waals surface area contributed by atoms with E-state index < -0.39 is 0 Å². The summed E-state index contributed by atoms with van der Waals surface area (Å²) in [6.45, 7) is 0. The predicted molar refractivity (Wildman–Crippen MR) is 22.8 cm³/mol. The highest BCUT2D eigenvalue weighted by atomic mass is 79.9. The molecule has 0 atom stereocenters. The number of nitrogens with two attached hydrogens (primary N) is 1. The van der Waals surface area contributed by atoms with Crippen molar-refractivity contribution in [2.45, 2.75) is 0 Å². The van der Waals surface area contributed by atoms with Gasteiger partial charge in [-0.05, 0) is 10.4 Å². The third-order valence-corrected chi connectivity index (χ3v) is 0.267. The summed E-state index contributed by atoms with van der Waals surface area (Å²) in [7, 11) is 0. The Morgan fingerprint density at radius 2 is 2.00 bits per heavy atom. The van der Waals surface area contributed by atoms with Crippen LogP contribution in [0.25, 0.3) is 0 Å². The number of hydrogen-bond donors (Lipinski definition) is 1. The molecule has 0 aromatic carbocycles. The van der Waals surface area contributed by atoms with Gasteiger partial charge in [-0.2, -0.15) is 0 Å². The fraction of sp³-hybridized carbons (Fsp3) is 0. The monoisotopic (exact) mass is 151 g/mol. The molecule has 0 bridgehead atoms. The van der Waals surface area contributed by atoms with Crippen LogP contribution in [0.15, 0.2) is 19.8 Å². The van der Waals surface area contributed by atoms with Gasteiger partial charge in [-0.25, -0.2) is 0 Å². The Morgan fingerprint density at radius 3 is 2.17 bits per heavy atom. The zero-order valence-electron chi connectivity index (χ0n) is 2.74. The van der Waals surface area contributed by atoms with Gasteiger partial charge in [0.1, 0.15) is 16.1 Å². The number of nitrogens with zero attached hydrogens (tertiary/aromatic N) is 4. The largest absolute Gasteiger partial charge is 0.303 e. The Hall–Kier alpha value is -0.520. The zero-order chi connectivity index (χ0) is 4.83. The second-order valence-electron chi connectivity index (χ2n) is 0.370. The number of hydrogen-bond acceptors (Lipinski definition) is 2. The standard InChI is InChI=1S/BrH2N5/c1-3-5-6-4-2/h(H2,2,3,6). The topological polar surface area (TPSA) is 75.5 Å². The van der Waals surface area contributed by atoms with Gasteiger partial charge in [-0.15, -0.1) is 0 Å². The van der Waals surface area contributed by atoms with Crippen LogP contribution in [0.1, 0.15) is 0 Å². The normalized spacial score (nSPS) is 11.5. The summed E-state index contributed by atoms with van der Waals surface area (Å²) in [5.74, 6) is 4.50. The van der Waals surface area contributed by atoms with Gasteiger partial charge in [0.25, 0.3) is 0 Å². The molecule has 0 amide bonds. The van der Waals surface area contributed by atoms with E-state index >= 15 is 0 Å². The van der Waals surface area contributed by atoms with E-state index in [0.717, 1.165) is 0 Å². The molecule has 6 heavy (non-hydrogen) atoms. The van der Waals surface area contributed by atoms with Crippen molar-refractivity contribution >= 4 is 16.1 Å². The molecule has 6 heteroatoms. The lowest BCUT2D eigenvalue weighted by atomic mass is 12.5. The van der Waals surface area contributed by atoms with E-state index in [1.54, 1.807) is 0 Å². The van der Waals surface area contributed by atoms with Crippen LogP contribution in [0.5, 0.6) is 0 Å². The molecule has 0 unspecified atom stereocenters. The maximum Gasteiger partial charge on any atom is 0.102 e. The Kier molecular flexibility index (Phi) is 4.09. The zero-order valence-corrected chi connectivity index (χ0v) is 4.33. The smallest absolute Gasteiger partial charge is 0.102 e. The molecule has 0 spiro atoms. The van der Waals surface area contributed by atoms with Gasteiger partial charge in [0.2, 0.25) is 0 Å². The molecular weight excluding hydrogens is 150 g/mol. The van der Waals surface area contributed by atoms with Gasteiger partial charge < -0.3 is 5.84 Å². The molecule has 2 N–H and O–H groups in total. The Morgan fingerprint density at radius 1 is 1.33 bits per heavy atom. The minimum Gasteiger partial charge on any atom is -0.303 e. The van der Waals surface area contributed by atoms with Crippen molar-refractivity contribution in [3.63, 3.8) is 0 Å².